The van der Waals surface area contributed by atoms with Crippen molar-refractivity contribution in [2.45, 2.75) is 12.8 Å². The summed E-state index contributed by atoms with van der Waals surface area (Å²) >= 11 is 0. The smallest absolute Gasteiger partial charge is 0.418 e. The summed E-state index contributed by atoms with van der Waals surface area (Å²) in [6, 6.07) is 0. The van der Waals surface area contributed by atoms with Crippen molar-refractivity contribution in [2.75, 3.05) is 13.7 Å². The van der Waals surface area contributed by atoms with Crippen molar-refractivity contribution in [2.24, 2.45) is 5.92 Å². The second kappa shape index (κ2) is 11.0. The Kier molecular flexibility index (Phi) is 13.2. The fraction of sp³-hybridized carbons (Fsp3) is 1.00. The van der Waals surface area contributed by atoms with Crippen LogP contribution in [0.3, 0.4) is 0 Å². The van der Waals surface area contributed by atoms with E-state index in [-0.39, 0.29) is 0 Å². The molecule has 1 nitrogen and oxygen atoms in total. The van der Waals surface area contributed by atoms with Crippen molar-refractivity contribution in [3.63, 3.8) is 0 Å². The fourth-order valence-electron chi connectivity index (χ4n) is 0.520. The van der Waals surface area contributed by atoms with Gasteiger partial charge in [0.1, 0.15) is 0 Å². The summed E-state index contributed by atoms with van der Waals surface area (Å²) in [5, 5.41) is 0. The number of rotatable bonds is 2. The van der Waals surface area contributed by atoms with E-state index < -0.39 is 21.8 Å². The van der Waals surface area contributed by atoms with Crippen LogP contribution in [0.15, 0.2) is 0 Å². The Hall–Kier alpha value is -0.685. The lowest BCUT2D eigenvalue weighted by Gasteiger charge is -1.94. The Morgan fingerprint density at radius 3 is 0.905 bits per heavy atom. The Balaban J connectivity index is -0.000000207. The highest BCUT2D eigenvalue weighted by Crippen LogP contribution is 2.28. The highest BCUT2D eigenvalue weighted by molar-refractivity contribution is 6.50. The van der Waals surface area contributed by atoms with Crippen molar-refractivity contribution in [3.05, 3.63) is 0 Å². The summed E-state index contributed by atoms with van der Waals surface area (Å²) in [6.07, 6.45) is 2.79. The normalized spacial score (nSPS) is 14.7. The van der Waals surface area contributed by atoms with Crippen molar-refractivity contribution >= 4 is 21.8 Å². The van der Waals surface area contributed by atoms with Gasteiger partial charge in [0, 0.05) is 13.7 Å². The van der Waals surface area contributed by atoms with Gasteiger partial charge in [-0.15, -0.1) is 0 Å². The van der Waals surface area contributed by atoms with E-state index in [0.29, 0.717) is 0 Å². The zero-order valence-corrected chi connectivity index (χ0v) is 10.4. The van der Waals surface area contributed by atoms with Gasteiger partial charge in [-0.2, -0.15) is 0 Å². The summed E-state index contributed by atoms with van der Waals surface area (Å²) in [7, 11) is -16.2. The Morgan fingerprint density at radius 1 is 0.667 bits per heavy atom. The number of halogens is 12. The molecular formula is C5H10B3F12O-3. The van der Waals surface area contributed by atoms with E-state index in [2.05, 4.69) is 0 Å². The molecule has 0 aromatic heterocycles. The molecule has 132 valence electrons. The quantitative estimate of drug-likeness (QED) is 0.508. The van der Waals surface area contributed by atoms with Gasteiger partial charge in [-0.25, -0.2) is 0 Å². The third-order valence-electron chi connectivity index (χ3n) is 1.10. The molecule has 1 aliphatic carbocycles. The lowest BCUT2D eigenvalue weighted by atomic mass is 10.3. The molecule has 0 N–H and O–H groups in total. The molecule has 0 saturated heterocycles. The van der Waals surface area contributed by atoms with Crippen molar-refractivity contribution < 1.29 is 56.5 Å². The van der Waals surface area contributed by atoms with Crippen LogP contribution >= 0.6 is 0 Å². The summed E-state index contributed by atoms with van der Waals surface area (Å²) in [4.78, 5) is 0. The molecule has 21 heavy (non-hydrogen) atoms. The number of hydrogen-bond donors (Lipinski definition) is 0. The topological polar surface area (TPSA) is 9.23 Å². The van der Waals surface area contributed by atoms with Crippen LogP contribution in [0, 0.1) is 5.92 Å². The van der Waals surface area contributed by atoms with Gasteiger partial charge in [0.15, 0.2) is 0 Å². The van der Waals surface area contributed by atoms with Crippen LogP contribution in [0.25, 0.3) is 0 Å². The highest BCUT2D eigenvalue weighted by atomic mass is 19.5. The SMILES string of the molecule is COCC1CC1.F[B-](F)(F)F.F[B-](F)(F)F.F[B-](F)(F)F. The molecule has 0 radical (unpaired) electrons. The van der Waals surface area contributed by atoms with E-state index in [0.717, 1.165) is 12.5 Å². The molecule has 1 saturated carbocycles. The molecule has 0 spiro atoms. The predicted octanol–water partition coefficient (Wildman–Crippen LogP) is 4.94. The summed E-state index contributed by atoms with van der Waals surface area (Å²) in [5.41, 5.74) is 0. The summed E-state index contributed by atoms with van der Waals surface area (Å²) in [5.74, 6) is 0.926. The fourth-order valence-corrected chi connectivity index (χ4v) is 0.520. The molecule has 16 heteroatoms. The molecule has 0 bridgehead atoms. The number of ether oxygens (including phenoxy) is 1. The van der Waals surface area contributed by atoms with Crippen LogP contribution in [-0.4, -0.2) is 35.5 Å². The molecule has 0 aliphatic heterocycles. The van der Waals surface area contributed by atoms with E-state index in [1.807, 2.05) is 0 Å². The summed E-state index contributed by atoms with van der Waals surface area (Å²) < 4.78 is 122. The van der Waals surface area contributed by atoms with Gasteiger partial charge in [-0.05, 0) is 18.8 Å². The van der Waals surface area contributed by atoms with E-state index in [1.165, 1.54) is 12.8 Å². The van der Waals surface area contributed by atoms with E-state index >= 15 is 0 Å². The number of hydrogen-bond acceptors (Lipinski definition) is 1. The first kappa shape index (κ1) is 25.3. The van der Waals surface area contributed by atoms with Gasteiger partial charge in [-0.1, -0.05) is 0 Å². The molecule has 0 atom stereocenters. The van der Waals surface area contributed by atoms with Gasteiger partial charge >= 0.3 is 21.8 Å². The second-order valence-corrected chi connectivity index (χ2v) is 3.38. The molecule has 1 rings (SSSR count). The second-order valence-electron chi connectivity index (χ2n) is 3.38. The first-order valence-corrected chi connectivity index (χ1v) is 5.04. The van der Waals surface area contributed by atoms with E-state index in [4.69, 9.17) is 4.74 Å². The lowest BCUT2D eigenvalue weighted by Crippen LogP contribution is -2.02. The summed E-state index contributed by atoms with van der Waals surface area (Å²) in [6.45, 7) is 0.986. The lowest BCUT2D eigenvalue weighted by molar-refractivity contribution is 0.186. The maximum atomic E-state index is 9.75. The van der Waals surface area contributed by atoms with Gasteiger partial charge in [0.25, 0.3) is 0 Å². The van der Waals surface area contributed by atoms with Crippen LogP contribution in [-0.2, 0) is 4.74 Å². The maximum absolute atomic E-state index is 9.75. The average Bonchev–Trinajstić information content (AvgIpc) is 2.77. The van der Waals surface area contributed by atoms with Crippen molar-refractivity contribution in [1.29, 1.82) is 0 Å². The largest absolute Gasteiger partial charge is 0.673 e. The Labute approximate surface area is 112 Å². The monoisotopic (exact) mass is 347 g/mol. The molecule has 0 aromatic rings. The standard InChI is InChI=1S/C5H10O.3BF4/c1-6-4-5-2-3-5;3*2-1(3,4)5/h5H,2-4H2,1H3;;;/q;3*-1. The molecule has 0 heterocycles. The highest BCUT2D eigenvalue weighted by Gasteiger charge is 2.21. The van der Waals surface area contributed by atoms with Crippen LogP contribution < -0.4 is 0 Å². The molecule has 0 aromatic carbocycles. The third-order valence-corrected chi connectivity index (χ3v) is 1.10. The van der Waals surface area contributed by atoms with E-state index in [1.54, 1.807) is 7.11 Å². The van der Waals surface area contributed by atoms with Gasteiger partial charge < -0.3 is 56.5 Å². The van der Waals surface area contributed by atoms with Gasteiger partial charge in [0.05, 0.1) is 0 Å². The Morgan fingerprint density at radius 2 is 0.857 bits per heavy atom. The zero-order chi connectivity index (χ0) is 17.9. The van der Waals surface area contributed by atoms with Crippen LogP contribution in [0.4, 0.5) is 51.8 Å². The van der Waals surface area contributed by atoms with Gasteiger partial charge in [-0.3, -0.25) is 0 Å². The first-order chi connectivity index (χ1) is 8.93. The van der Waals surface area contributed by atoms with Crippen LogP contribution in [0.2, 0.25) is 0 Å². The van der Waals surface area contributed by atoms with Crippen molar-refractivity contribution in [3.8, 4) is 0 Å². The molecule has 1 aliphatic rings. The zero-order valence-electron chi connectivity index (χ0n) is 10.4. The number of methoxy groups -OCH3 is 1. The minimum Gasteiger partial charge on any atom is -0.418 e. The van der Waals surface area contributed by atoms with Gasteiger partial charge in [0.2, 0.25) is 0 Å². The van der Waals surface area contributed by atoms with Crippen LogP contribution in [0.5, 0.6) is 0 Å². The third kappa shape index (κ3) is 205. The molecular weight excluding hydrogens is 336 g/mol. The average molecular weight is 347 g/mol. The van der Waals surface area contributed by atoms with Crippen LogP contribution in [0.1, 0.15) is 12.8 Å². The minimum atomic E-state index is -6.00. The maximum Gasteiger partial charge on any atom is 0.673 e. The first-order valence-electron chi connectivity index (χ1n) is 5.04. The molecule has 1 fully saturated rings. The minimum absolute atomic E-state index is 0.926. The molecule has 0 unspecified atom stereocenters. The van der Waals surface area contributed by atoms with E-state index in [9.17, 15) is 51.8 Å². The molecule has 0 amide bonds. The van der Waals surface area contributed by atoms with Crippen molar-refractivity contribution in [1.82, 2.24) is 0 Å². The predicted molar refractivity (Wildman–Crippen MR) is 55.2 cm³/mol. The Bertz CT molecular complexity index is 186.